The first-order chi connectivity index (χ1) is 11.7. The molecule has 0 aromatic carbocycles. The molecule has 2 amide bonds. The molecule has 1 aromatic rings. The van der Waals surface area contributed by atoms with Crippen LogP contribution in [0.5, 0.6) is 0 Å². The van der Waals surface area contributed by atoms with Gasteiger partial charge >= 0.3 is 12.2 Å². The molecule has 25 heavy (non-hydrogen) atoms. The van der Waals surface area contributed by atoms with Gasteiger partial charge in [0.2, 0.25) is 0 Å². The molecule has 7 heteroatoms. The van der Waals surface area contributed by atoms with Crippen molar-refractivity contribution in [1.29, 1.82) is 0 Å². The highest BCUT2D eigenvalue weighted by Crippen LogP contribution is 2.22. The summed E-state index contributed by atoms with van der Waals surface area (Å²) in [5.41, 5.74) is 0.350. The number of hydrogen-bond acceptors (Lipinski definition) is 4. The Balaban J connectivity index is 1.97. The third kappa shape index (κ3) is 5.62. The Morgan fingerprint density at radius 2 is 1.96 bits per heavy atom. The standard InChI is InChI=1S/C18H27N3O4/c1-18(2,3)25-17(24)20(4)15-7-5-6-14(19-15)12-13-8-10-21(11-9-13)16(22)23/h5-7,13H,8-12H2,1-4H3,(H,22,23). The molecule has 0 unspecified atom stereocenters. The Bertz CT molecular complexity index is 619. The van der Waals surface area contributed by atoms with Crippen LogP contribution in [0.25, 0.3) is 0 Å². The van der Waals surface area contributed by atoms with Gasteiger partial charge in [-0.25, -0.2) is 14.6 Å². The number of nitrogens with zero attached hydrogens (tertiary/aromatic N) is 3. The summed E-state index contributed by atoms with van der Waals surface area (Å²) >= 11 is 0. The van der Waals surface area contributed by atoms with E-state index in [0.717, 1.165) is 25.0 Å². The van der Waals surface area contributed by atoms with E-state index >= 15 is 0 Å². The van der Waals surface area contributed by atoms with Crippen molar-refractivity contribution in [2.45, 2.75) is 45.6 Å². The first-order valence-corrected chi connectivity index (χ1v) is 8.56. The number of anilines is 1. The SMILES string of the molecule is CN(C(=O)OC(C)(C)C)c1cccc(CC2CCN(C(=O)O)CC2)n1. The average Bonchev–Trinajstić information content (AvgIpc) is 2.53. The van der Waals surface area contributed by atoms with Gasteiger partial charge in [-0.15, -0.1) is 0 Å². The Kier molecular flexibility index (Phi) is 5.87. The summed E-state index contributed by atoms with van der Waals surface area (Å²) in [6.45, 7) is 6.61. The molecule has 1 fully saturated rings. The lowest BCUT2D eigenvalue weighted by Crippen LogP contribution is -2.38. The van der Waals surface area contributed by atoms with Crippen molar-refractivity contribution in [3.05, 3.63) is 23.9 Å². The molecule has 1 aliphatic rings. The minimum atomic E-state index is -0.849. The lowest BCUT2D eigenvalue weighted by Gasteiger charge is -2.30. The van der Waals surface area contributed by atoms with Crippen molar-refractivity contribution in [2.24, 2.45) is 5.92 Å². The molecule has 2 rings (SSSR count). The van der Waals surface area contributed by atoms with E-state index in [4.69, 9.17) is 9.84 Å². The molecule has 1 N–H and O–H groups in total. The van der Waals surface area contributed by atoms with Crippen LogP contribution in [0.2, 0.25) is 0 Å². The highest BCUT2D eigenvalue weighted by Gasteiger charge is 2.24. The van der Waals surface area contributed by atoms with Gasteiger partial charge in [0, 0.05) is 25.8 Å². The Labute approximate surface area is 148 Å². The van der Waals surface area contributed by atoms with E-state index in [9.17, 15) is 9.59 Å². The molecule has 0 radical (unpaired) electrons. The molecule has 0 saturated carbocycles. The second kappa shape index (κ2) is 7.72. The van der Waals surface area contributed by atoms with E-state index in [-0.39, 0.29) is 0 Å². The fourth-order valence-electron chi connectivity index (χ4n) is 2.82. The van der Waals surface area contributed by atoms with Crippen LogP contribution in [0.4, 0.5) is 15.4 Å². The van der Waals surface area contributed by atoms with Gasteiger partial charge in [-0.2, -0.15) is 0 Å². The molecular formula is C18H27N3O4. The highest BCUT2D eigenvalue weighted by molar-refractivity contribution is 5.85. The Morgan fingerprint density at radius 1 is 1.32 bits per heavy atom. The predicted octanol–water partition coefficient (Wildman–Crippen LogP) is 3.39. The number of carboxylic acid groups (broad SMARTS) is 1. The normalized spacial score (nSPS) is 15.8. The molecule has 0 aliphatic carbocycles. The maximum atomic E-state index is 12.2. The highest BCUT2D eigenvalue weighted by atomic mass is 16.6. The molecule has 0 atom stereocenters. The van der Waals surface area contributed by atoms with E-state index in [1.807, 2.05) is 32.9 Å². The number of likely N-dealkylation sites (tertiary alicyclic amines) is 1. The third-order valence-corrected chi connectivity index (χ3v) is 4.19. The van der Waals surface area contributed by atoms with Crippen LogP contribution in [0.1, 0.15) is 39.3 Å². The van der Waals surface area contributed by atoms with E-state index < -0.39 is 17.8 Å². The van der Waals surface area contributed by atoms with Crippen molar-refractivity contribution in [3.8, 4) is 0 Å². The average molecular weight is 349 g/mol. The van der Waals surface area contributed by atoms with E-state index in [0.29, 0.717) is 24.8 Å². The fraction of sp³-hybridized carbons (Fsp3) is 0.611. The van der Waals surface area contributed by atoms with Gasteiger partial charge in [-0.05, 0) is 58.1 Å². The number of rotatable bonds is 3. The largest absolute Gasteiger partial charge is 0.465 e. The zero-order valence-corrected chi connectivity index (χ0v) is 15.4. The lowest BCUT2D eigenvalue weighted by atomic mass is 9.92. The van der Waals surface area contributed by atoms with Crippen LogP contribution in [0.15, 0.2) is 18.2 Å². The zero-order chi connectivity index (χ0) is 18.6. The molecule has 138 valence electrons. The number of piperidine rings is 1. The predicted molar refractivity (Wildman–Crippen MR) is 94.9 cm³/mol. The van der Waals surface area contributed by atoms with Crippen LogP contribution >= 0.6 is 0 Å². The summed E-state index contributed by atoms with van der Waals surface area (Å²) < 4.78 is 5.36. The van der Waals surface area contributed by atoms with Crippen molar-refractivity contribution in [1.82, 2.24) is 9.88 Å². The molecule has 0 bridgehead atoms. The maximum absolute atomic E-state index is 12.2. The van der Waals surface area contributed by atoms with Crippen molar-refractivity contribution in [2.75, 3.05) is 25.0 Å². The van der Waals surface area contributed by atoms with Crippen LogP contribution in [-0.4, -0.2) is 52.9 Å². The summed E-state index contributed by atoms with van der Waals surface area (Å²) in [7, 11) is 1.64. The van der Waals surface area contributed by atoms with Gasteiger partial charge in [-0.3, -0.25) is 4.90 Å². The van der Waals surface area contributed by atoms with Gasteiger partial charge < -0.3 is 14.7 Å². The van der Waals surface area contributed by atoms with E-state index in [1.54, 1.807) is 13.1 Å². The van der Waals surface area contributed by atoms with Gasteiger partial charge in [-0.1, -0.05) is 6.07 Å². The topological polar surface area (TPSA) is 83.0 Å². The van der Waals surface area contributed by atoms with Crippen molar-refractivity contribution < 1.29 is 19.4 Å². The maximum Gasteiger partial charge on any atom is 0.415 e. The molecule has 1 aliphatic heterocycles. The number of carbonyl (C=O) groups is 2. The summed E-state index contributed by atoms with van der Waals surface area (Å²) in [6, 6.07) is 5.60. The third-order valence-electron chi connectivity index (χ3n) is 4.19. The minimum Gasteiger partial charge on any atom is -0.465 e. The van der Waals surface area contributed by atoms with Gasteiger partial charge in [0.25, 0.3) is 0 Å². The van der Waals surface area contributed by atoms with Gasteiger partial charge in [0.1, 0.15) is 11.4 Å². The molecule has 1 saturated heterocycles. The summed E-state index contributed by atoms with van der Waals surface area (Å²) in [5, 5.41) is 9.01. The molecular weight excluding hydrogens is 322 g/mol. The van der Waals surface area contributed by atoms with Gasteiger partial charge in [0.15, 0.2) is 0 Å². The first-order valence-electron chi connectivity index (χ1n) is 8.56. The number of pyridine rings is 1. The summed E-state index contributed by atoms with van der Waals surface area (Å²) in [5.74, 6) is 0.958. The summed E-state index contributed by atoms with van der Waals surface area (Å²) in [6.07, 6.45) is 1.16. The lowest BCUT2D eigenvalue weighted by molar-refractivity contribution is 0.0588. The molecule has 0 spiro atoms. The number of ether oxygens (including phenoxy) is 1. The van der Waals surface area contributed by atoms with Crippen LogP contribution in [0, 0.1) is 5.92 Å². The number of aromatic nitrogens is 1. The van der Waals surface area contributed by atoms with E-state index in [2.05, 4.69) is 4.98 Å². The molecule has 2 heterocycles. The fourth-order valence-corrected chi connectivity index (χ4v) is 2.82. The molecule has 1 aromatic heterocycles. The van der Waals surface area contributed by atoms with Gasteiger partial charge in [0.05, 0.1) is 0 Å². The molecule has 7 nitrogen and oxygen atoms in total. The minimum absolute atomic E-state index is 0.408. The van der Waals surface area contributed by atoms with Crippen LogP contribution in [-0.2, 0) is 11.2 Å². The second-order valence-electron chi connectivity index (χ2n) is 7.44. The van der Waals surface area contributed by atoms with Crippen LogP contribution in [0.3, 0.4) is 0 Å². The Morgan fingerprint density at radius 3 is 2.52 bits per heavy atom. The Hall–Kier alpha value is -2.31. The number of carbonyl (C=O) groups excluding carboxylic acids is 1. The smallest absolute Gasteiger partial charge is 0.415 e. The zero-order valence-electron chi connectivity index (χ0n) is 15.4. The van der Waals surface area contributed by atoms with Crippen molar-refractivity contribution >= 4 is 18.0 Å². The summed E-state index contributed by atoms with van der Waals surface area (Å²) in [4.78, 5) is 30.6. The quantitative estimate of drug-likeness (QED) is 0.904. The monoisotopic (exact) mass is 349 g/mol. The number of amides is 2. The van der Waals surface area contributed by atoms with Crippen LogP contribution < -0.4 is 4.90 Å². The number of hydrogen-bond donors (Lipinski definition) is 1. The van der Waals surface area contributed by atoms with Crippen molar-refractivity contribution in [3.63, 3.8) is 0 Å². The van der Waals surface area contributed by atoms with E-state index in [1.165, 1.54) is 9.80 Å². The second-order valence-corrected chi connectivity index (χ2v) is 7.44. The first kappa shape index (κ1) is 19.0.